The molecule has 0 radical (unpaired) electrons. The zero-order valence-corrected chi connectivity index (χ0v) is 58.1. The first-order chi connectivity index (χ1) is 44.8. The van der Waals surface area contributed by atoms with Crippen molar-refractivity contribution in [2.45, 2.75) is 285 Å². The predicted molar refractivity (Wildman–Crippen MR) is 347 cm³/mol. The number of benzene rings is 1. The number of nitrogens with one attached hydrogen (secondary N) is 6. The molecule has 7 N–H and O–H groups in total. The molecule has 12 atom stereocenters. The molecule has 95 heavy (non-hydrogen) atoms. The van der Waals surface area contributed by atoms with Gasteiger partial charge in [0.15, 0.2) is 36.6 Å². The van der Waals surface area contributed by atoms with Gasteiger partial charge in [0, 0.05) is 6.42 Å². The fraction of sp³-hybridized carbons (Fsp3) is 0.743. The highest BCUT2D eigenvalue weighted by Crippen LogP contribution is 2.32. The Labute approximate surface area is 559 Å². The minimum atomic E-state index is -1.62. The number of phenols is 1. The molecule has 5 rings (SSSR count). The summed E-state index contributed by atoms with van der Waals surface area (Å²) in [5.41, 5.74) is 0.444. The maximum absolute atomic E-state index is 14.7. The van der Waals surface area contributed by atoms with Crippen LogP contribution in [0.1, 0.15) is 211 Å². The Kier molecular flexibility index (Phi) is 31.2. The molecule has 4 fully saturated rings. The van der Waals surface area contributed by atoms with Gasteiger partial charge in [0.2, 0.25) is 0 Å². The van der Waals surface area contributed by atoms with E-state index >= 15 is 0 Å². The molecule has 532 valence electrons. The molecule has 1 aliphatic heterocycles. The van der Waals surface area contributed by atoms with Crippen molar-refractivity contribution in [3.63, 3.8) is 0 Å². The van der Waals surface area contributed by atoms with E-state index in [2.05, 4.69) is 31.9 Å². The molecule has 4 aliphatic rings. The molecule has 25 nitrogen and oxygen atoms in total. The number of esters is 6. The Balaban J connectivity index is 1.54. The van der Waals surface area contributed by atoms with Crippen LogP contribution in [0.25, 0.3) is 0 Å². The van der Waals surface area contributed by atoms with E-state index < -0.39 is 174 Å². The Morgan fingerprint density at radius 2 is 0.579 bits per heavy atom. The molecule has 0 bridgehead atoms. The second-order valence-corrected chi connectivity index (χ2v) is 28.3. The molecule has 0 spiro atoms. The number of hydrogen-bond donors (Lipinski definition) is 7. The molecular weight excluding hydrogens is 1230 g/mol. The number of phenolic OH excluding ortho intramolecular Hbond substituents is 1. The van der Waals surface area contributed by atoms with Gasteiger partial charge in [-0.25, -0.2) is 28.8 Å². The summed E-state index contributed by atoms with van der Waals surface area (Å²) in [5.74, 6) is -15.1. The number of ether oxygens (including phenoxy) is 6. The lowest BCUT2D eigenvalue weighted by molar-refractivity contribution is -0.166. The number of hydrogen-bond acceptors (Lipinski definition) is 19. The Hall–Kier alpha value is -7.34. The van der Waals surface area contributed by atoms with E-state index in [1.165, 1.54) is 45.0 Å². The van der Waals surface area contributed by atoms with Crippen LogP contribution in [0.4, 0.5) is 0 Å². The van der Waals surface area contributed by atoms with Crippen molar-refractivity contribution in [1.82, 2.24) is 31.9 Å². The quantitative estimate of drug-likeness (QED) is 0.0810. The molecule has 1 aromatic carbocycles. The fourth-order valence-electron chi connectivity index (χ4n) is 12.5. The second kappa shape index (κ2) is 37.8. The summed E-state index contributed by atoms with van der Waals surface area (Å²) in [6, 6.07) is -2.80. The lowest BCUT2D eigenvalue weighted by Gasteiger charge is -2.31. The van der Waals surface area contributed by atoms with Crippen LogP contribution in [0, 0.1) is 47.3 Å². The third kappa shape index (κ3) is 24.7. The molecule has 3 saturated carbocycles. The van der Waals surface area contributed by atoms with Crippen LogP contribution in [0.5, 0.6) is 5.75 Å². The molecule has 1 heterocycles. The highest BCUT2D eigenvalue weighted by Gasteiger charge is 2.42. The van der Waals surface area contributed by atoms with E-state index in [9.17, 15) is 62.6 Å². The van der Waals surface area contributed by atoms with Crippen molar-refractivity contribution in [3.8, 4) is 5.75 Å². The molecule has 1 aromatic rings. The van der Waals surface area contributed by atoms with Gasteiger partial charge in [-0.05, 0) is 105 Å². The number of rotatable bonds is 13. The van der Waals surface area contributed by atoms with Gasteiger partial charge in [-0.2, -0.15) is 0 Å². The number of carbonyl (C=O) groups excluding carboxylic acids is 12. The normalized spacial score (nSPS) is 29.0. The molecular formula is C70H108N6O19. The summed E-state index contributed by atoms with van der Waals surface area (Å²) in [6.45, 7) is 20.1. The van der Waals surface area contributed by atoms with Crippen molar-refractivity contribution in [2.24, 2.45) is 47.3 Å². The molecule has 0 unspecified atom stereocenters. The minimum absolute atomic E-state index is 0.0298. The number of amides is 6. The average Bonchev–Trinajstić information content (AvgIpc) is 0.935. The minimum Gasteiger partial charge on any atom is -0.508 e. The van der Waals surface area contributed by atoms with Gasteiger partial charge >= 0.3 is 35.8 Å². The Morgan fingerprint density at radius 3 is 0.853 bits per heavy atom. The van der Waals surface area contributed by atoms with E-state index in [0.29, 0.717) is 18.4 Å². The van der Waals surface area contributed by atoms with Crippen molar-refractivity contribution in [3.05, 3.63) is 29.8 Å². The van der Waals surface area contributed by atoms with Gasteiger partial charge in [-0.3, -0.25) is 28.8 Å². The van der Waals surface area contributed by atoms with E-state index in [4.69, 9.17) is 28.4 Å². The van der Waals surface area contributed by atoms with E-state index in [1.807, 2.05) is 0 Å². The summed E-state index contributed by atoms with van der Waals surface area (Å²) in [5, 5.41) is 26.0. The first-order valence-electron chi connectivity index (χ1n) is 34.7. The maximum atomic E-state index is 14.7. The highest BCUT2D eigenvalue weighted by molar-refractivity contribution is 5.96. The average molecular weight is 1340 g/mol. The summed E-state index contributed by atoms with van der Waals surface area (Å²) in [6.07, 6.45) is 3.10. The molecule has 1 saturated heterocycles. The van der Waals surface area contributed by atoms with Crippen molar-refractivity contribution < 1.29 is 91.1 Å². The topological polar surface area (TPSA) is 353 Å². The van der Waals surface area contributed by atoms with Crippen molar-refractivity contribution >= 4 is 71.3 Å². The Bertz CT molecular complexity index is 2760. The van der Waals surface area contributed by atoms with Crippen LogP contribution in [0.2, 0.25) is 0 Å². The van der Waals surface area contributed by atoms with E-state index in [-0.39, 0.29) is 49.2 Å². The van der Waals surface area contributed by atoms with E-state index in [0.717, 1.165) is 83.5 Å². The van der Waals surface area contributed by atoms with Crippen LogP contribution in [-0.4, -0.2) is 149 Å². The van der Waals surface area contributed by atoms with Gasteiger partial charge in [0.05, 0.1) is 0 Å². The van der Waals surface area contributed by atoms with Crippen LogP contribution < -0.4 is 31.9 Å². The highest BCUT2D eigenvalue weighted by atomic mass is 16.6. The third-order valence-corrected chi connectivity index (χ3v) is 18.5. The standard InChI is InChI=1S/C70H108N6O19/c1-37(2)54-66(85)90-42(11)59(78)71-50(33-48-29-31-49(77)32-30-48)65(84)93-51(34-45-23-17-14-18-24-45)62(81)74-55(38(3)4)67(86)91-43(12)60(79)72-58(41(9)10)70(89)95-53(36-47-27-21-16-22-28-47)64(83)76-56(39(5)6)68(87)92-44(13)61(80)73-57(40(7)8)69(88)94-52(63(82)75-54)35-46-25-19-15-20-26-46/h29-32,37-47,50-58,77H,14-28,33-36H2,1-13H3,(H,71,78)(H,72,79)(H,73,80)(H,74,81)(H,75,82)(H,76,83)/t42-,43-,44-,50-,51+,52+,53+,54+,55+,56+,57-,58-/m0/s1. The number of aromatic hydroxyl groups is 1. The maximum Gasteiger partial charge on any atom is 0.329 e. The van der Waals surface area contributed by atoms with Gasteiger partial charge < -0.3 is 65.4 Å². The monoisotopic (exact) mass is 1340 g/mol. The smallest absolute Gasteiger partial charge is 0.329 e. The molecule has 25 heteroatoms. The first kappa shape index (κ1) is 78.4. The molecule has 0 aromatic heterocycles. The van der Waals surface area contributed by atoms with Crippen molar-refractivity contribution in [1.29, 1.82) is 0 Å². The van der Waals surface area contributed by atoms with Crippen molar-refractivity contribution in [2.75, 3.05) is 0 Å². The van der Waals surface area contributed by atoms with Gasteiger partial charge in [0.25, 0.3) is 35.4 Å². The predicted octanol–water partition coefficient (Wildman–Crippen LogP) is 6.58. The van der Waals surface area contributed by atoms with Crippen LogP contribution >= 0.6 is 0 Å². The Morgan fingerprint density at radius 1 is 0.337 bits per heavy atom. The van der Waals surface area contributed by atoms with E-state index in [1.54, 1.807) is 69.2 Å². The number of cyclic esters (lactones) is 6. The third-order valence-electron chi connectivity index (χ3n) is 18.5. The first-order valence-corrected chi connectivity index (χ1v) is 34.7. The second-order valence-electron chi connectivity index (χ2n) is 28.3. The van der Waals surface area contributed by atoms with Gasteiger partial charge in [-0.15, -0.1) is 0 Å². The zero-order chi connectivity index (χ0) is 70.4. The lowest BCUT2D eigenvalue weighted by Crippen LogP contribution is -2.55. The van der Waals surface area contributed by atoms with Crippen LogP contribution in [-0.2, 0) is 92.4 Å². The van der Waals surface area contributed by atoms with Crippen LogP contribution in [0.15, 0.2) is 24.3 Å². The summed E-state index contributed by atoms with van der Waals surface area (Å²) in [7, 11) is 0. The van der Waals surface area contributed by atoms with Gasteiger partial charge in [0.1, 0.15) is 42.0 Å². The molecule has 3 aliphatic carbocycles. The summed E-state index contributed by atoms with van der Waals surface area (Å²) in [4.78, 5) is 172. The molecule has 6 amide bonds. The largest absolute Gasteiger partial charge is 0.508 e. The summed E-state index contributed by atoms with van der Waals surface area (Å²) < 4.78 is 35.1. The summed E-state index contributed by atoms with van der Waals surface area (Å²) >= 11 is 0. The lowest BCUT2D eigenvalue weighted by atomic mass is 9.85. The number of carbonyl (C=O) groups is 12. The SMILES string of the molecule is CC(C)[C@@H]1NC(=O)[C@H](C)OC(=O)[C@@H](C(C)C)NC(=O)[C@@H](CC2CCCCC2)OC(=O)[C@H](C(C)C)NC(=O)[C@H](C)OC(=O)[C@@H](C(C)C)NC(=O)[C@@H](CC2CCCCC2)OC(=O)[C@H](Cc2ccc(O)cc2)NC(=O)[C@H](C)OC(=O)[C@@H](C(C)C)NC(=O)[C@@H](CC2CCCCC2)OC1=O. The fourth-order valence-corrected chi connectivity index (χ4v) is 12.5. The van der Waals surface area contributed by atoms with Gasteiger partial charge in [-0.1, -0.05) is 178 Å². The zero-order valence-electron chi connectivity index (χ0n) is 58.1. The van der Waals surface area contributed by atoms with Crippen LogP contribution in [0.3, 0.4) is 0 Å².